The van der Waals surface area contributed by atoms with Crippen molar-refractivity contribution in [3.8, 4) is 0 Å². The van der Waals surface area contributed by atoms with Crippen LogP contribution in [0.1, 0.15) is 0 Å². The van der Waals surface area contributed by atoms with E-state index in [9.17, 15) is 8.78 Å². The smallest absolute Gasteiger partial charge is 0.255 e. The van der Waals surface area contributed by atoms with Gasteiger partial charge in [0, 0.05) is 7.05 Å². The van der Waals surface area contributed by atoms with E-state index < -0.39 is 13.0 Å². The summed E-state index contributed by atoms with van der Waals surface area (Å²) in [4.78, 5) is 8.87. The van der Waals surface area contributed by atoms with E-state index in [2.05, 4.69) is 25.9 Å². The van der Waals surface area contributed by atoms with Crippen LogP contribution >= 0.6 is 15.9 Å². The zero-order valence-corrected chi connectivity index (χ0v) is 9.00. The molecule has 14 heavy (non-hydrogen) atoms. The van der Waals surface area contributed by atoms with Gasteiger partial charge in [-0.05, 0) is 15.9 Å². The average molecular weight is 267 g/mol. The Kier molecular flexibility index (Phi) is 3.56. The van der Waals surface area contributed by atoms with Gasteiger partial charge in [-0.1, -0.05) is 0 Å². The highest BCUT2D eigenvalue weighted by molar-refractivity contribution is 9.10. The van der Waals surface area contributed by atoms with E-state index in [1.807, 2.05) is 0 Å². The predicted molar refractivity (Wildman–Crippen MR) is 53.4 cm³/mol. The molecule has 0 aliphatic heterocycles. The molecule has 4 nitrogen and oxygen atoms in total. The number of halogens is 3. The Labute approximate surface area is 88.3 Å². The van der Waals surface area contributed by atoms with E-state index in [1.165, 1.54) is 18.3 Å². The van der Waals surface area contributed by atoms with E-state index in [0.29, 0.717) is 10.3 Å². The SMILES string of the molecule is CN(CC(F)F)c1ncnc(N)c1Br. The molecule has 0 unspecified atom stereocenters. The Balaban J connectivity index is 2.89. The molecule has 1 aromatic heterocycles. The van der Waals surface area contributed by atoms with Crippen LogP contribution in [0.4, 0.5) is 20.4 Å². The lowest BCUT2D eigenvalue weighted by molar-refractivity contribution is 0.156. The van der Waals surface area contributed by atoms with Gasteiger partial charge in [0.25, 0.3) is 6.43 Å². The second-order valence-electron chi connectivity index (χ2n) is 2.67. The number of nitrogens with two attached hydrogens (primary N) is 1. The molecule has 1 aromatic rings. The van der Waals surface area contributed by atoms with Gasteiger partial charge in [-0.25, -0.2) is 18.7 Å². The average Bonchev–Trinajstić information content (AvgIpc) is 2.08. The molecule has 0 saturated heterocycles. The fourth-order valence-corrected chi connectivity index (χ4v) is 1.44. The normalized spacial score (nSPS) is 10.6. The zero-order valence-electron chi connectivity index (χ0n) is 7.41. The lowest BCUT2D eigenvalue weighted by Gasteiger charge is -2.18. The second-order valence-corrected chi connectivity index (χ2v) is 3.46. The number of aromatic nitrogens is 2. The molecule has 0 aliphatic rings. The van der Waals surface area contributed by atoms with Gasteiger partial charge in [-0.3, -0.25) is 0 Å². The molecule has 0 amide bonds. The van der Waals surface area contributed by atoms with Crippen LogP contribution in [0.25, 0.3) is 0 Å². The van der Waals surface area contributed by atoms with E-state index in [0.717, 1.165) is 0 Å². The number of nitrogens with zero attached hydrogens (tertiary/aromatic N) is 3. The summed E-state index contributed by atoms with van der Waals surface area (Å²) in [6.07, 6.45) is -1.18. The van der Waals surface area contributed by atoms with Gasteiger partial charge in [0.15, 0.2) is 0 Å². The second kappa shape index (κ2) is 4.50. The zero-order chi connectivity index (χ0) is 10.7. The minimum atomic E-state index is -2.41. The maximum absolute atomic E-state index is 12.1. The number of hydrogen-bond donors (Lipinski definition) is 1. The number of nitrogen functional groups attached to an aromatic ring is 1. The number of alkyl halides is 2. The molecule has 78 valence electrons. The third-order valence-corrected chi connectivity index (χ3v) is 2.33. The molecule has 7 heteroatoms. The maximum atomic E-state index is 12.1. The Morgan fingerprint density at radius 2 is 2.21 bits per heavy atom. The van der Waals surface area contributed by atoms with E-state index in [1.54, 1.807) is 0 Å². The summed E-state index contributed by atoms with van der Waals surface area (Å²) in [5, 5.41) is 0. The third kappa shape index (κ3) is 2.50. The topological polar surface area (TPSA) is 55.0 Å². The first-order chi connectivity index (χ1) is 6.52. The van der Waals surface area contributed by atoms with E-state index >= 15 is 0 Å². The van der Waals surface area contributed by atoms with Gasteiger partial charge in [0.05, 0.1) is 6.54 Å². The minimum absolute atomic E-state index is 0.233. The quantitative estimate of drug-likeness (QED) is 0.902. The Hall–Kier alpha value is -0.980. The van der Waals surface area contributed by atoms with Crippen molar-refractivity contribution in [2.24, 2.45) is 0 Å². The van der Waals surface area contributed by atoms with Crippen molar-refractivity contribution in [1.82, 2.24) is 9.97 Å². The highest BCUT2D eigenvalue weighted by Crippen LogP contribution is 2.26. The van der Waals surface area contributed by atoms with Crippen LogP contribution in [-0.4, -0.2) is 30.0 Å². The Morgan fingerprint density at radius 3 is 2.79 bits per heavy atom. The summed E-state index contributed by atoms with van der Waals surface area (Å²) in [5.41, 5.74) is 5.48. The van der Waals surface area contributed by atoms with E-state index in [4.69, 9.17) is 5.73 Å². The number of hydrogen-bond acceptors (Lipinski definition) is 4. The first-order valence-electron chi connectivity index (χ1n) is 3.77. The molecule has 0 fully saturated rings. The van der Waals surface area contributed by atoms with E-state index in [-0.39, 0.29) is 5.82 Å². The first-order valence-corrected chi connectivity index (χ1v) is 4.57. The maximum Gasteiger partial charge on any atom is 0.255 e. The fourth-order valence-electron chi connectivity index (χ4n) is 0.933. The summed E-state index contributed by atoms with van der Waals surface area (Å²) in [7, 11) is 1.51. The molecular weight excluding hydrogens is 258 g/mol. The molecule has 0 atom stereocenters. The molecule has 0 spiro atoms. The van der Waals surface area contributed by atoms with Gasteiger partial charge < -0.3 is 10.6 Å². The van der Waals surface area contributed by atoms with Crippen LogP contribution in [-0.2, 0) is 0 Å². The Bertz CT molecular complexity index is 321. The van der Waals surface area contributed by atoms with Gasteiger partial charge in [0.2, 0.25) is 0 Å². The first kappa shape index (κ1) is 11.1. The number of anilines is 2. The fraction of sp³-hybridized carbons (Fsp3) is 0.429. The predicted octanol–water partition coefficient (Wildman–Crippen LogP) is 1.52. The summed E-state index contributed by atoms with van der Waals surface area (Å²) >= 11 is 3.13. The highest BCUT2D eigenvalue weighted by atomic mass is 79.9. The molecule has 0 bridgehead atoms. The monoisotopic (exact) mass is 266 g/mol. The molecular formula is C7H9BrF2N4. The van der Waals surface area contributed by atoms with Crippen molar-refractivity contribution >= 4 is 27.6 Å². The lowest BCUT2D eigenvalue weighted by Crippen LogP contribution is -2.25. The summed E-state index contributed by atoms with van der Waals surface area (Å²) in [6.45, 7) is -0.394. The molecule has 0 radical (unpaired) electrons. The van der Waals surface area contributed by atoms with Crippen molar-refractivity contribution in [2.45, 2.75) is 6.43 Å². The Morgan fingerprint density at radius 1 is 1.57 bits per heavy atom. The van der Waals surface area contributed by atoms with Gasteiger partial charge in [-0.2, -0.15) is 0 Å². The van der Waals surface area contributed by atoms with Crippen LogP contribution in [0.3, 0.4) is 0 Å². The summed E-state index contributed by atoms with van der Waals surface area (Å²) < 4.78 is 24.6. The molecule has 1 heterocycles. The van der Waals surface area contributed by atoms with Crippen molar-refractivity contribution < 1.29 is 8.78 Å². The standard InChI is InChI=1S/C7H9BrF2N4/c1-14(2-4(9)10)7-5(8)6(11)12-3-13-7/h3-4H,2H2,1H3,(H2,11,12,13). The van der Waals surface area contributed by atoms with Gasteiger partial charge in [0.1, 0.15) is 22.4 Å². The highest BCUT2D eigenvalue weighted by Gasteiger charge is 2.14. The van der Waals surface area contributed by atoms with Crippen LogP contribution in [0.2, 0.25) is 0 Å². The molecule has 0 aromatic carbocycles. The minimum Gasteiger partial charge on any atom is -0.383 e. The van der Waals surface area contributed by atoms with Gasteiger partial charge in [-0.15, -0.1) is 0 Å². The van der Waals surface area contributed by atoms with Crippen molar-refractivity contribution in [2.75, 3.05) is 24.2 Å². The molecule has 0 aliphatic carbocycles. The summed E-state index contributed by atoms with van der Waals surface area (Å²) in [5.74, 6) is 0.592. The lowest BCUT2D eigenvalue weighted by atomic mass is 10.4. The largest absolute Gasteiger partial charge is 0.383 e. The van der Waals surface area contributed by atoms with Crippen molar-refractivity contribution in [3.05, 3.63) is 10.8 Å². The molecule has 2 N–H and O–H groups in total. The van der Waals surface area contributed by atoms with Gasteiger partial charge >= 0.3 is 0 Å². The molecule has 1 rings (SSSR count). The van der Waals surface area contributed by atoms with Crippen molar-refractivity contribution in [3.63, 3.8) is 0 Å². The van der Waals surface area contributed by atoms with Crippen LogP contribution < -0.4 is 10.6 Å². The number of rotatable bonds is 3. The van der Waals surface area contributed by atoms with Crippen molar-refractivity contribution in [1.29, 1.82) is 0 Å². The third-order valence-electron chi connectivity index (χ3n) is 1.57. The van der Waals surface area contributed by atoms with Crippen LogP contribution in [0.15, 0.2) is 10.8 Å². The summed E-state index contributed by atoms with van der Waals surface area (Å²) in [6, 6.07) is 0. The molecule has 0 saturated carbocycles. The van der Waals surface area contributed by atoms with Crippen LogP contribution in [0.5, 0.6) is 0 Å². The van der Waals surface area contributed by atoms with Crippen LogP contribution in [0, 0.1) is 0 Å².